The van der Waals surface area contributed by atoms with Gasteiger partial charge >= 0.3 is 0 Å². The number of hydrogen-bond acceptors (Lipinski definition) is 3. The molecule has 82 valence electrons. The van der Waals surface area contributed by atoms with E-state index in [2.05, 4.69) is 6.07 Å². The minimum Gasteiger partial charge on any atom is -0.508 e. The van der Waals surface area contributed by atoms with Gasteiger partial charge in [0.2, 0.25) is 0 Å². The molecule has 1 saturated heterocycles. The molecule has 0 aromatic heterocycles. The molecule has 2 unspecified atom stereocenters. The van der Waals surface area contributed by atoms with E-state index in [-0.39, 0.29) is 0 Å². The Labute approximate surface area is 89.9 Å². The second-order valence-corrected chi connectivity index (χ2v) is 4.06. The van der Waals surface area contributed by atoms with Crippen molar-refractivity contribution in [2.45, 2.75) is 12.3 Å². The van der Waals surface area contributed by atoms with Crippen molar-refractivity contribution >= 4 is 0 Å². The lowest BCUT2D eigenvalue weighted by Gasteiger charge is -2.31. The van der Waals surface area contributed by atoms with Crippen LogP contribution in [0.3, 0.4) is 0 Å². The molecule has 0 saturated carbocycles. The monoisotopic (exact) mass is 207 g/mol. The van der Waals surface area contributed by atoms with Gasteiger partial charge in [-0.1, -0.05) is 12.1 Å². The van der Waals surface area contributed by atoms with Gasteiger partial charge < -0.3 is 15.6 Å². The van der Waals surface area contributed by atoms with Crippen LogP contribution in [0.4, 0.5) is 0 Å². The lowest BCUT2D eigenvalue weighted by atomic mass is 9.83. The molecule has 1 heterocycles. The van der Waals surface area contributed by atoms with Crippen LogP contribution in [0.1, 0.15) is 17.9 Å². The highest BCUT2D eigenvalue weighted by Crippen LogP contribution is 2.32. The predicted molar refractivity (Wildman–Crippen MR) is 58.8 cm³/mol. The summed E-state index contributed by atoms with van der Waals surface area (Å²) in [5.74, 6) is 1.13. The number of nitrogens with two attached hydrogens (primary N) is 1. The highest BCUT2D eigenvalue weighted by Gasteiger charge is 2.25. The average molecular weight is 207 g/mol. The summed E-state index contributed by atoms with van der Waals surface area (Å²) in [4.78, 5) is 0. The summed E-state index contributed by atoms with van der Waals surface area (Å²) in [5, 5.41) is 9.44. The van der Waals surface area contributed by atoms with Gasteiger partial charge in [0.05, 0.1) is 6.61 Å². The van der Waals surface area contributed by atoms with Crippen molar-refractivity contribution in [2.75, 3.05) is 19.8 Å². The van der Waals surface area contributed by atoms with E-state index in [0.717, 1.165) is 19.6 Å². The number of aromatic hydroxyl groups is 1. The van der Waals surface area contributed by atoms with Crippen molar-refractivity contribution in [3.05, 3.63) is 29.8 Å². The van der Waals surface area contributed by atoms with Crippen LogP contribution in [-0.2, 0) is 4.74 Å². The van der Waals surface area contributed by atoms with Gasteiger partial charge in [0.1, 0.15) is 5.75 Å². The number of benzene rings is 1. The molecule has 3 nitrogen and oxygen atoms in total. The Kier molecular flexibility index (Phi) is 3.23. The Balaban J connectivity index is 2.20. The van der Waals surface area contributed by atoms with Crippen molar-refractivity contribution in [3.8, 4) is 5.75 Å². The number of hydrogen-bond donors (Lipinski definition) is 2. The molecule has 1 aliphatic rings. The fourth-order valence-electron chi connectivity index (χ4n) is 2.22. The summed E-state index contributed by atoms with van der Waals surface area (Å²) < 4.78 is 5.41. The van der Waals surface area contributed by atoms with Gasteiger partial charge in [-0.05, 0) is 36.6 Å². The summed E-state index contributed by atoms with van der Waals surface area (Å²) in [6, 6.07) is 7.46. The third kappa shape index (κ3) is 2.30. The van der Waals surface area contributed by atoms with E-state index >= 15 is 0 Å². The molecule has 0 radical (unpaired) electrons. The van der Waals surface area contributed by atoms with Crippen LogP contribution >= 0.6 is 0 Å². The minimum atomic E-state index is 0.328. The maximum absolute atomic E-state index is 9.44. The van der Waals surface area contributed by atoms with Crippen molar-refractivity contribution in [1.29, 1.82) is 0 Å². The molecule has 0 spiro atoms. The normalized spacial score (nSPS) is 26.5. The third-order valence-corrected chi connectivity index (χ3v) is 3.08. The molecule has 1 aliphatic heterocycles. The van der Waals surface area contributed by atoms with Crippen LogP contribution in [0.25, 0.3) is 0 Å². The highest BCUT2D eigenvalue weighted by atomic mass is 16.5. The van der Waals surface area contributed by atoms with Gasteiger partial charge in [-0.2, -0.15) is 0 Å². The van der Waals surface area contributed by atoms with Gasteiger partial charge in [0.15, 0.2) is 0 Å². The SMILES string of the molecule is NCC1COCCC1c1cccc(O)c1. The van der Waals surface area contributed by atoms with Crippen molar-refractivity contribution in [3.63, 3.8) is 0 Å². The standard InChI is InChI=1S/C12H17NO2/c13-7-10-8-15-5-4-12(10)9-2-1-3-11(14)6-9/h1-3,6,10,12,14H,4-5,7-8,13H2. The lowest BCUT2D eigenvalue weighted by Crippen LogP contribution is -2.31. The zero-order valence-electron chi connectivity index (χ0n) is 8.73. The predicted octanol–water partition coefficient (Wildman–Crippen LogP) is 1.47. The van der Waals surface area contributed by atoms with E-state index < -0.39 is 0 Å². The molecular formula is C12H17NO2. The van der Waals surface area contributed by atoms with Crippen LogP contribution < -0.4 is 5.73 Å². The summed E-state index contributed by atoms with van der Waals surface area (Å²) in [7, 11) is 0. The van der Waals surface area contributed by atoms with Gasteiger partial charge in [0.25, 0.3) is 0 Å². The Bertz CT molecular complexity index is 327. The molecule has 0 amide bonds. The maximum Gasteiger partial charge on any atom is 0.115 e. The zero-order valence-corrected chi connectivity index (χ0v) is 8.73. The molecule has 15 heavy (non-hydrogen) atoms. The fourth-order valence-corrected chi connectivity index (χ4v) is 2.22. The summed E-state index contributed by atoms with van der Waals surface area (Å²) in [6.45, 7) is 2.16. The molecule has 3 heteroatoms. The van der Waals surface area contributed by atoms with Crippen molar-refractivity contribution in [1.82, 2.24) is 0 Å². The van der Waals surface area contributed by atoms with E-state index in [1.54, 1.807) is 6.07 Å². The van der Waals surface area contributed by atoms with E-state index in [1.165, 1.54) is 5.56 Å². The molecule has 2 atom stereocenters. The van der Waals surface area contributed by atoms with E-state index in [1.807, 2.05) is 12.1 Å². The van der Waals surface area contributed by atoms with Crippen molar-refractivity contribution < 1.29 is 9.84 Å². The van der Waals surface area contributed by atoms with Crippen LogP contribution in [0.15, 0.2) is 24.3 Å². The van der Waals surface area contributed by atoms with E-state index in [0.29, 0.717) is 24.1 Å². The lowest BCUT2D eigenvalue weighted by molar-refractivity contribution is 0.0435. The number of phenolic OH excluding ortho intramolecular Hbond substituents is 1. The van der Waals surface area contributed by atoms with Gasteiger partial charge in [-0.15, -0.1) is 0 Å². The molecule has 1 aromatic rings. The average Bonchev–Trinajstić information content (AvgIpc) is 2.29. The van der Waals surface area contributed by atoms with Gasteiger partial charge in [-0.3, -0.25) is 0 Å². The Hall–Kier alpha value is -1.06. The second kappa shape index (κ2) is 4.64. The van der Waals surface area contributed by atoms with Crippen molar-refractivity contribution in [2.24, 2.45) is 11.7 Å². The fraction of sp³-hybridized carbons (Fsp3) is 0.500. The van der Waals surface area contributed by atoms with Crippen LogP contribution in [0, 0.1) is 5.92 Å². The van der Waals surface area contributed by atoms with Gasteiger partial charge in [0, 0.05) is 12.5 Å². The third-order valence-electron chi connectivity index (χ3n) is 3.08. The smallest absolute Gasteiger partial charge is 0.115 e. The summed E-state index contributed by atoms with van der Waals surface area (Å²) in [5.41, 5.74) is 6.90. The van der Waals surface area contributed by atoms with Gasteiger partial charge in [-0.25, -0.2) is 0 Å². The van der Waals surface area contributed by atoms with Crippen LogP contribution in [0.2, 0.25) is 0 Å². The molecule has 0 bridgehead atoms. The minimum absolute atomic E-state index is 0.328. The quantitative estimate of drug-likeness (QED) is 0.772. The Morgan fingerprint density at radius 1 is 1.47 bits per heavy atom. The molecule has 1 aromatic carbocycles. The van der Waals surface area contributed by atoms with Crippen LogP contribution in [-0.4, -0.2) is 24.9 Å². The Morgan fingerprint density at radius 2 is 2.33 bits per heavy atom. The second-order valence-electron chi connectivity index (χ2n) is 4.06. The number of rotatable bonds is 2. The van der Waals surface area contributed by atoms with Crippen LogP contribution in [0.5, 0.6) is 5.75 Å². The van der Waals surface area contributed by atoms with E-state index in [4.69, 9.17) is 10.5 Å². The molecule has 0 aliphatic carbocycles. The zero-order chi connectivity index (χ0) is 10.7. The molecule has 1 fully saturated rings. The first-order chi connectivity index (χ1) is 7.31. The first-order valence-electron chi connectivity index (χ1n) is 5.38. The maximum atomic E-state index is 9.44. The molecule has 3 N–H and O–H groups in total. The highest BCUT2D eigenvalue weighted by molar-refractivity contribution is 5.30. The number of phenols is 1. The Morgan fingerprint density at radius 3 is 3.07 bits per heavy atom. The van der Waals surface area contributed by atoms with E-state index in [9.17, 15) is 5.11 Å². The number of ether oxygens (including phenoxy) is 1. The molecule has 2 rings (SSSR count). The molecular weight excluding hydrogens is 190 g/mol. The summed E-state index contributed by atoms with van der Waals surface area (Å²) in [6.07, 6.45) is 0.991. The first-order valence-corrected chi connectivity index (χ1v) is 5.38. The topological polar surface area (TPSA) is 55.5 Å². The first kappa shape index (κ1) is 10.5. The largest absolute Gasteiger partial charge is 0.508 e. The summed E-state index contributed by atoms with van der Waals surface area (Å²) >= 11 is 0.